The second kappa shape index (κ2) is 10.7. The summed E-state index contributed by atoms with van der Waals surface area (Å²) >= 11 is 0. The highest BCUT2D eigenvalue weighted by Crippen LogP contribution is 2.25. The number of fused-ring (bicyclic) bond motifs is 1. The standard InChI is InChI=1S/C26H26N4O6S/c1-29(2)37(33,34)30-17-19(22-8-4-5-9-24(22)30)15-23(26(32)27-16-21-7-6-14-36-21)28-25(31)18-10-12-20(35-3)13-11-18/h4-15,17H,16H2,1-3H3,(H,27,32)(H,28,31). The molecule has 0 radical (unpaired) electrons. The Morgan fingerprint density at radius 2 is 1.78 bits per heavy atom. The number of furan rings is 1. The minimum Gasteiger partial charge on any atom is -0.497 e. The number of rotatable bonds is 9. The number of amides is 2. The van der Waals surface area contributed by atoms with Crippen LogP contribution in [0, 0.1) is 0 Å². The van der Waals surface area contributed by atoms with Gasteiger partial charge in [-0.1, -0.05) is 18.2 Å². The molecule has 0 aliphatic carbocycles. The van der Waals surface area contributed by atoms with Crippen molar-refractivity contribution < 1.29 is 27.2 Å². The average molecular weight is 523 g/mol. The Morgan fingerprint density at radius 1 is 1.05 bits per heavy atom. The molecule has 2 aromatic carbocycles. The van der Waals surface area contributed by atoms with Crippen molar-refractivity contribution >= 4 is 39.0 Å². The zero-order chi connectivity index (χ0) is 26.6. The Hall–Kier alpha value is -4.35. The van der Waals surface area contributed by atoms with E-state index in [1.807, 2.05) is 0 Å². The lowest BCUT2D eigenvalue weighted by Gasteiger charge is -2.13. The molecule has 0 saturated carbocycles. The number of ether oxygens (including phenoxy) is 1. The van der Waals surface area contributed by atoms with Gasteiger partial charge in [-0.05, 0) is 48.5 Å². The first-order valence-corrected chi connectivity index (χ1v) is 12.6. The van der Waals surface area contributed by atoms with Gasteiger partial charge in [-0.25, -0.2) is 3.97 Å². The van der Waals surface area contributed by atoms with Gasteiger partial charge in [0.1, 0.15) is 17.2 Å². The molecular formula is C26H26N4O6S. The van der Waals surface area contributed by atoms with E-state index in [1.54, 1.807) is 60.7 Å². The third kappa shape index (κ3) is 5.57. The van der Waals surface area contributed by atoms with E-state index < -0.39 is 22.0 Å². The highest BCUT2D eigenvalue weighted by molar-refractivity contribution is 7.87. The van der Waals surface area contributed by atoms with Crippen LogP contribution in [0.5, 0.6) is 5.75 Å². The molecule has 4 aromatic rings. The Bertz CT molecular complexity index is 1550. The number of para-hydroxylation sites is 1. The quantitative estimate of drug-likeness (QED) is 0.326. The second-order valence-corrected chi connectivity index (χ2v) is 10.2. The fourth-order valence-corrected chi connectivity index (χ4v) is 4.59. The summed E-state index contributed by atoms with van der Waals surface area (Å²) in [6.45, 7) is 0.0956. The highest BCUT2D eigenvalue weighted by atomic mass is 32.2. The molecule has 0 atom stereocenters. The van der Waals surface area contributed by atoms with Gasteiger partial charge in [0.2, 0.25) is 0 Å². The molecule has 0 aliphatic heterocycles. The van der Waals surface area contributed by atoms with Gasteiger partial charge in [-0.15, -0.1) is 0 Å². The van der Waals surface area contributed by atoms with Crippen molar-refractivity contribution in [3.8, 4) is 5.75 Å². The van der Waals surface area contributed by atoms with Gasteiger partial charge in [0.05, 0.1) is 25.4 Å². The molecule has 2 aromatic heterocycles. The minimum absolute atomic E-state index is 0.0717. The molecule has 0 fully saturated rings. The molecule has 2 N–H and O–H groups in total. The predicted octanol–water partition coefficient (Wildman–Crippen LogP) is 2.98. The Morgan fingerprint density at radius 3 is 2.43 bits per heavy atom. The van der Waals surface area contributed by atoms with Crippen molar-refractivity contribution in [2.24, 2.45) is 0 Å². The molecule has 2 amide bonds. The molecule has 0 saturated heterocycles. The van der Waals surface area contributed by atoms with E-state index in [9.17, 15) is 18.0 Å². The molecule has 0 spiro atoms. The maximum Gasteiger partial charge on any atom is 0.307 e. The van der Waals surface area contributed by atoms with Crippen LogP contribution in [0.1, 0.15) is 21.7 Å². The highest BCUT2D eigenvalue weighted by Gasteiger charge is 2.22. The Balaban J connectivity index is 1.74. The van der Waals surface area contributed by atoms with E-state index in [0.29, 0.717) is 33.5 Å². The van der Waals surface area contributed by atoms with Crippen LogP contribution in [0.4, 0.5) is 0 Å². The lowest BCUT2D eigenvalue weighted by Crippen LogP contribution is -2.34. The van der Waals surface area contributed by atoms with E-state index in [-0.39, 0.29) is 12.2 Å². The van der Waals surface area contributed by atoms with Crippen molar-refractivity contribution in [3.05, 3.63) is 95.7 Å². The number of benzene rings is 2. The van der Waals surface area contributed by atoms with E-state index in [1.165, 1.54) is 39.7 Å². The molecule has 37 heavy (non-hydrogen) atoms. The molecule has 192 valence electrons. The second-order valence-electron chi connectivity index (χ2n) is 8.19. The van der Waals surface area contributed by atoms with Crippen LogP contribution in [0.25, 0.3) is 17.0 Å². The molecule has 0 bridgehead atoms. The van der Waals surface area contributed by atoms with Gasteiger partial charge >= 0.3 is 10.2 Å². The zero-order valence-electron chi connectivity index (χ0n) is 20.5. The van der Waals surface area contributed by atoms with Gasteiger partial charge in [-0.2, -0.15) is 12.7 Å². The van der Waals surface area contributed by atoms with Gasteiger partial charge in [-0.3, -0.25) is 9.59 Å². The summed E-state index contributed by atoms with van der Waals surface area (Å²) in [5.74, 6) is 0.0125. The third-order valence-corrected chi connectivity index (χ3v) is 7.29. The number of carbonyl (C=O) groups excluding carboxylic acids is 2. The summed E-state index contributed by atoms with van der Waals surface area (Å²) in [7, 11) is 0.543. The van der Waals surface area contributed by atoms with Crippen LogP contribution in [0.15, 0.2) is 83.2 Å². The number of hydrogen-bond donors (Lipinski definition) is 2. The summed E-state index contributed by atoms with van der Waals surface area (Å²) in [5.41, 5.74) is 1.10. The van der Waals surface area contributed by atoms with E-state index in [2.05, 4.69) is 10.6 Å². The van der Waals surface area contributed by atoms with Crippen LogP contribution >= 0.6 is 0 Å². The van der Waals surface area contributed by atoms with E-state index in [4.69, 9.17) is 9.15 Å². The van der Waals surface area contributed by atoms with Crippen LogP contribution in [0.2, 0.25) is 0 Å². The Labute approximate surface area is 214 Å². The average Bonchev–Trinajstić information content (AvgIpc) is 3.55. The summed E-state index contributed by atoms with van der Waals surface area (Å²) in [5, 5.41) is 5.96. The fourth-order valence-electron chi connectivity index (χ4n) is 3.58. The number of hydrogen-bond acceptors (Lipinski definition) is 6. The van der Waals surface area contributed by atoms with Crippen molar-refractivity contribution in [1.29, 1.82) is 0 Å². The summed E-state index contributed by atoms with van der Waals surface area (Å²) in [6.07, 6.45) is 4.35. The first-order chi connectivity index (χ1) is 17.7. The van der Waals surface area contributed by atoms with Crippen molar-refractivity contribution in [2.75, 3.05) is 21.2 Å². The maximum atomic E-state index is 13.2. The zero-order valence-corrected chi connectivity index (χ0v) is 21.3. The van der Waals surface area contributed by atoms with Crippen LogP contribution in [0.3, 0.4) is 0 Å². The molecule has 10 nitrogen and oxygen atoms in total. The first-order valence-electron chi connectivity index (χ1n) is 11.2. The van der Waals surface area contributed by atoms with Crippen LogP contribution in [-0.4, -0.2) is 49.7 Å². The molecular weight excluding hydrogens is 496 g/mol. The number of aromatic nitrogens is 1. The van der Waals surface area contributed by atoms with Gasteiger partial charge in [0.15, 0.2) is 0 Å². The summed E-state index contributed by atoms with van der Waals surface area (Å²) < 4.78 is 38.5. The molecule has 2 heterocycles. The first kappa shape index (κ1) is 25.7. The number of carbonyl (C=O) groups is 2. The number of methoxy groups -OCH3 is 1. The molecule has 0 unspecified atom stereocenters. The van der Waals surface area contributed by atoms with Crippen molar-refractivity contribution in [2.45, 2.75) is 6.54 Å². The van der Waals surface area contributed by atoms with E-state index in [0.717, 1.165) is 8.28 Å². The van der Waals surface area contributed by atoms with E-state index >= 15 is 0 Å². The van der Waals surface area contributed by atoms with Crippen LogP contribution < -0.4 is 15.4 Å². The summed E-state index contributed by atoms with van der Waals surface area (Å²) in [4.78, 5) is 26.2. The largest absolute Gasteiger partial charge is 0.497 e. The topological polar surface area (TPSA) is 123 Å². The van der Waals surface area contributed by atoms with Crippen molar-refractivity contribution in [3.63, 3.8) is 0 Å². The third-order valence-electron chi connectivity index (χ3n) is 5.57. The van der Waals surface area contributed by atoms with Crippen LogP contribution in [-0.2, 0) is 21.5 Å². The lowest BCUT2D eigenvalue weighted by molar-refractivity contribution is -0.118. The molecule has 0 aliphatic rings. The van der Waals surface area contributed by atoms with Gasteiger partial charge < -0.3 is 19.8 Å². The summed E-state index contributed by atoms with van der Waals surface area (Å²) in [6, 6.07) is 16.7. The van der Waals surface area contributed by atoms with Crippen molar-refractivity contribution in [1.82, 2.24) is 18.9 Å². The molecule has 11 heteroatoms. The lowest BCUT2D eigenvalue weighted by atomic mass is 10.1. The predicted molar refractivity (Wildman–Crippen MR) is 139 cm³/mol. The number of nitrogens with one attached hydrogen (secondary N) is 2. The normalized spacial score (nSPS) is 12.1. The fraction of sp³-hybridized carbons (Fsp3) is 0.154. The maximum absolute atomic E-state index is 13.2. The smallest absolute Gasteiger partial charge is 0.307 e. The molecule has 4 rings (SSSR count). The van der Waals surface area contributed by atoms with Gasteiger partial charge in [0, 0.05) is 36.8 Å². The minimum atomic E-state index is -3.84. The Kier molecular flexibility index (Phi) is 7.46. The SMILES string of the molecule is COc1ccc(C(=O)NC(=Cc2cn(S(=O)(=O)N(C)C)c3ccccc23)C(=O)NCc2ccco2)cc1. The monoisotopic (exact) mass is 522 g/mol. The number of nitrogens with zero attached hydrogens (tertiary/aromatic N) is 2. The van der Waals surface area contributed by atoms with Gasteiger partial charge in [0.25, 0.3) is 11.8 Å².